The molecule has 1 saturated carbocycles. The van der Waals surface area contributed by atoms with E-state index in [0.29, 0.717) is 12.3 Å². The second-order valence-electron chi connectivity index (χ2n) is 7.71. The van der Waals surface area contributed by atoms with Gasteiger partial charge in [0, 0.05) is 18.2 Å². The number of hydrogen-bond acceptors (Lipinski definition) is 3. The summed E-state index contributed by atoms with van der Waals surface area (Å²) in [5, 5.41) is 3.14. The molecule has 2 aromatic heterocycles. The predicted molar refractivity (Wildman–Crippen MR) is 112 cm³/mol. The first-order valence-electron chi connectivity index (χ1n) is 10.1. The smallest absolute Gasteiger partial charge is 0.225 e. The van der Waals surface area contributed by atoms with Gasteiger partial charge >= 0.3 is 0 Å². The van der Waals surface area contributed by atoms with E-state index in [2.05, 4.69) is 5.32 Å². The second-order valence-corrected chi connectivity index (χ2v) is 7.71. The fourth-order valence-electron chi connectivity index (χ4n) is 4.05. The van der Waals surface area contributed by atoms with E-state index in [9.17, 15) is 4.79 Å². The normalized spacial score (nSPS) is 14.5. The van der Waals surface area contributed by atoms with Gasteiger partial charge in [-0.3, -0.25) is 9.20 Å². The first kappa shape index (κ1) is 18.5. The molecule has 1 aliphatic rings. The highest BCUT2D eigenvalue weighted by Gasteiger charge is 2.19. The molecule has 5 heteroatoms. The van der Waals surface area contributed by atoms with Gasteiger partial charge in [0.15, 0.2) is 0 Å². The molecule has 0 bridgehead atoms. The zero-order valence-corrected chi connectivity index (χ0v) is 16.6. The molecule has 28 heavy (non-hydrogen) atoms. The van der Waals surface area contributed by atoms with Crippen LogP contribution in [0.1, 0.15) is 44.1 Å². The van der Waals surface area contributed by atoms with Crippen LogP contribution in [-0.2, 0) is 4.79 Å². The summed E-state index contributed by atoms with van der Waals surface area (Å²) in [7, 11) is 1.65. The number of hydrogen-bond donors (Lipinski definition) is 1. The first-order chi connectivity index (χ1) is 13.6. The van der Waals surface area contributed by atoms with Gasteiger partial charge in [0.2, 0.25) is 5.91 Å². The molecule has 0 radical (unpaired) electrons. The molecule has 4 rings (SSSR count). The largest absolute Gasteiger partial charge is 0.497 e. The van der Waals surface area contributed by atoms with Crippen molar-refractivity contribution >= 4 is 17.4 Å². The minimum atomic E-state index is 0.0602. The first-order valence-corrected chi connectivity index (χ1v) is 10.1. The van der Waals surface area contributed by atoms with Crippen LogP contribution in [0.2, 0.25) is 0 Å². The lowest BCUT2D eigenvalue weighted by atomic mass is 10.0. The second kappa shape index (κ2) is 8.05. The standard InChI is InChI=1S/C23H27N3O2/c1-16-7-13-20-24-22(18-9-11-19(28-2)12-10-18)23(26(20)15-16)25-21(27)14-8-17-5-3-4-6-17/h7,9-13,15,17H,3-6,8,14H2,1-2H3,(H,25,27). The molecule has 0 atom stereocenters. The van der Waals surface area contributed by atoms with Crippen LogP contribution in [-0.4, -0.2) is 22.4 Å². The highest BCUT2D eigenvalue weighted by atomic mass is 16.5. The van der Waals surface area contributed by atoms with Crippen molar-refractivity contribution < 1.29 is 9.53 Å². The number of benzene rings is 1. The van der Waals surface area contributed by atoms with Crippen LogP contribution in [0.15, 0.2) is 42.6 Å². The van der Waals surface area contributed by atoms with Gasteiger partial charge in [-0.25, -0.2) is 4.98 Å². The number of amides is 1. The zero-order chi connectivity index (χ0) is 19.5. The van der Waals surface area contributed by atoms with Gasteiger partial charge in [0.05, 0.1) is 7.11 Å². The zero-order valence-electron chi connectivity index (χ0n) is 16.6. The van der Waals surface area contributed by atoms with E-state index in [1.54, 1.807) is 7.11 Å². The fraction of sp³-hybridized carbons (Fsp3) is 0.391. The summed E-state index contributed by atoms with van der Waals surface area (Å²) in [6, 6.07) is 11.8. The maximum absolute atomic E-state index is 12.7. The number of nitrogens with zero attached hydrogens (tertiary/aromatic N) is 2. The molecule has 146 valence electrons. The van der Waals surface area contributed by atoms with Crippen LogP contribution >= 0.6 is 0 Å². The molecule has 1 aromatic carbocycles. The Morgan fingerprint density at radius 3 is 2.64 bits per heavy atom. The number of methoxy groups -OCH3 is 1. The van der Waals surface area contributed by atoms with Gasteiger partial charge in [-0.2, -0.15) is 0 Å². The van der Waals surface area contributed by atoms with Crippen molar-refractivity contribution in [1.82, 2.24) is 9.38 Å². The maximum atomic E-state index is 12.7. The Labute approximate surface area is 165 Å². The van der Waals surface area contributed by atoms with Gasteiger partial charge in [-0.05, 0) is 55.2 Å². The monoisotopic (exact) mass is 377 g/mol. The number of nitrogens with one attached hydrogen (secondary N) is 1. The topological polar surface area (TPSA) is 55.6 Å². The van der Waals surface area contributed by atoms with Crippen molar-refractivity contribution in [2.45, 2.75) is 45.4 Å². The number of anilines is 1. The molecule has 2 heterocycles. The quantitative estimate of drug-likeness (QED) is 0.640. The number of aromatic nitrogens is 2. The van der Waals surface area contributed by atoms with Crippen LogP contribution in [0.25, 0.3) is 16.9 Å². The minimum Gasteiger partial charge on any atom is -0.497 e. The number of carbonyl (C=O) groups is 1. The Morgan fingerprint density at radius 1 is 1.18 bits per heavy atom. The molecule has 0 aliphatic heterocycles. The third-order valence-corrected chi connectivity index (χ3v) is 5.64. The maximum Gasteiger partial charge on any atom is 0.225 e. The lowest BCUT2D eigenvalue weighted by Crippen LogP contribution is -2.14. The van der Waals surface area contributed by atoms with Gasteiger partial charge < -0.3 is 10.1 Å². The molecule has 1 aliphatic carbocycles. The number of aryl methyl sites for hydroxylation is 1. The van der Waals surface area contributed by atoms with Crippen molar-refractivity contribution in [3.63, 3.8) is 0 Å². The Bertz CT molecular complexity index is 969. The highest BCUT2D eigenvalue weighted by molar-refractivity contribution is 5.94. The van der Waals surface area contributed by atoms with E-state index < -0.39 is 0 Å². The molecule has 1 amide bonds. The van der Waals surface area contributed by atoms with E-state index in [-0.39, 0.29) is 5.91 Å². The van der Waals surface area contributed by atoms with Crippen LogP contribution in [0.3, 0.4) is 0 Å². The van der Waals surface area contributed by atoms with E-state index >= 15 is 0 Å². The lowest BCUT2D eigenvalue weighted by Gasteiger charge is -2.11. The Morgan fingerprint density at radius 2 is 1.93 bits per heavy atom. The van der Waals surface area contributed by atoms with Crippen molar-refractivity contribution in [3.05, 3.63) is 48.2 Å². The highest BCUT2D eigenvalue weighted by Crippen LogP contribution is 2.32. The summed E-state index contributed by atoms with van der Waals surface area (Å²) in [5.74, 6) is 2.30. The molecule has 0 saturated heterocycles. The van der Waals surface area contributed by atoms with Crippen molar-refractivity contribution in [2.24, 2.45) is 5.92 Å². The van der Waals surface area contributed by atoms with Crippen molar-refractivity contribution in [3.8, 4) is 17.0 Å². The predicted octanol–water partition coefficient (Wildman–Crippen LogP) is 5.23. The number of ether oxygens (including phenoxy) is 1. The van der Waals surface area contributed by atoms with Gasteiger partial charge in [-0.1, -0.05) is 31.7 Å². The third kappa shape index (κ3) is 3.88. The molecule has 0 unspecified atom stereocenters. The van der Waals surface area contributed by atoms with E-state index in [1.807, 2.05) is 53.9 Å². The van der Waals surface area contributed by atoms with Crippen LogP contribution in [0.4, 0.5) is 5.82 Å². The number of imidazole rings is 1. The SMILES string of the molecule is COc1ccc(-c2nc3ccc(C)cn3c2NC(=O)CCC2CCCC2)cc1. The molecule has 3 aromatic rings. The molecular weight excluding hydrogens is 350 g/mol. The van der Waals surface area contributed by atoms with Crippen LogP contribution < -0.4 is 10.1 Å². The molecular formula is C23H27N3O2. The third-order valence-electron chi connectivity index (χ3n) is 5.64. The summed E-state index contributed by atoms with van der Waals surface area (Å²) in [5.41, 5.74) is 3.67. The number of fused-ring (bicyclic) bond motifs is 1. The summed E-state index contributed by atoms with van der Waals surface area (Å²) in [4.78, 5) is 17.5. The van der Waals surface area contributed by atoms with Gasteiger partial charge in [-0.15, -0.1) is 0 Å². The average Bonchev–Trinajstić information content (AvgIpc) is 3.35. The van der Waals surface area contributed by atoms with E-state index in [1.165, 1.54) is 25.7 Å². The number of rotatable bonds is 6. The molecule has 5 nitrogen and oxygen atoms in total. The molecule has 0 spiro atoms. The van der Waals surface area contributed by atoms with Crippen LogP contribution in [0, 0.1) is 12.8 Å². The number of pyridine rings is 1. The van der Waals surface area contributed by atoms with Crippen molar-refractivity contribution in [2.75, 3.05) is 12.4 Å². The Hall–Kier alpha value is -2.82. The van der Waals surface area contributed by atoms with Gasteiger partial charge in [0.25, 0.3) is 0 Å². The molecule has 1 N–H and O–H groups in total. The average molecular weight is 377 g/mol. The summed E-state index contributed by atoms with van der Waals surface area (Å²) >= 11 is 0. The van der Waals surface area contributed by atoms with E-state index in [4.69, 9.17) is 9.72 Å². The summed E-state index contributed by atoms with van der Waals surface area (Å²) in [6.45, 7) is 2.04. The van der Waals surface area contributed by atoms with Crippen molar-refractivity contribution in [1.29, 1.82) is 0 Å². The van der Waals surface area contributed by atoms with E-state index in [0.717, 1.165) is 40.5 Å². The molecule has 1 fully saturated rings. The summed E-state index contributed by atoms with van der Waals surface area (Å²) < 4.78 is 7.23. The fourth-order valence-corrected chi connectivity index (χ4v) is 4.05. The summed E-state index contributed by atoms with van der Waals surface area (Å²) in [6.07, 6.45) is 8.69. The lowest BCUT2D eigenvalue weighted by molar-refractivity contribution is -0.116. The van der Waals surface area contributed by atoms with Crippen LogP contribution in [0.5, 0.6) is 5.75 Å². The minimum absolute atomic E-state index is 0.0602. The Balaban J connectivity index is 1.63. The number of carbonyl (C=O) groups excluding carboxylic acids is 1. The van der Waals surface area contributed by atoms with Gasteiger partial charge in [0.1, 0.15) is 22.9 Å². The Kier molecular flexibility index (Phi) is 5.33.